The van der Waals surface area contributed by atoms with Crippen molar-refractivity contribution >= 4 is 34.0 Å². The first-order valence-electron chi connectivity index (χ1n) is 11.5. The number of halogens is 1. The summed E-state index contributed by atoms with van der Waals surface area (Å²) in [6.45, 7) is 3.01. The molecule has 0 bridgehead atoms. The maximum atomic E-state index is 13.1. The highest BCUT2D eigenvalue weighted by atomic mass is 35.5. The standard InChI is InChI=1S/C29H26ClNO3/c1-3-31-25-14-12-19-8-4-6-10-22(19)29(25)23(17-28(31)32)20-13-15-26(27(16-20)33-2)34-18-21-9-5-7-11-24(21)30/h4-16,23H,3,17-18H2,1-2H3. The van der Waals surface area contributed by atoms with Crippen molar-refractivity contribution in [3.8, 4) is 11.5 Å². The number of nitrogens with zero attached hydrogens (tertiary/aromatic N) is 1. The minimum absolute atomic E-state index is 0.0667. The number of benzene rings is 4. The molecular weight excluding hydrogens is 446 g/mol. The summed E-state index contributed by atoms with van der Waals surface area (Å²) in [6, 6.07) is 26.1. The number of rotatable bonds is 6. The van der Waals surface area contributed by atoms with Crippen molar-refractivity contribution in [2.24, 2.45) is 0 Å². The lowest BCUT2D eigenvalue weighted by atomic mass is 9.81. The largest absolute Gasteiger partial charge is 0.493 e. The highest BCUT2D eigenvalue weighted by molar-refractivity contribution is 6.31. The van der Waals surface area contributed by atoms with E-state index in [1.165, 1.54) is 16.3 Å². The van der Waals surface area contributed by atoms with Gasteiger partial charge in [0.1, 0.15) is 6.61 Å². The van der Waals surface area contributed by atoms with Gasteiger partial charge in [0.05, 0.1) is 7.11 Å². The average molecular weight is 472 g/mol. The SMILES string of the molecule is CCN1C(=O)CC(c2ccc(OCc3ccccc3Cl)c(OC)c2)c2c1ccc1ccccc21. The number of hydrogen-bond donors (Lipinski definition) is 0. The maximum Gasteiger partial charge on any atom is 0.227 e. The van der Waals surface area contributed by atoms with Crippen LogP contribution in [-0.2, 0) is 11.4 Å². The minimum Gasteiger partial charge on any atom is -0.493 e. The van der Waals surface area contributed by atoms with Gasteiger partial charge in [0.15, 0.2) is 11.5 Å². The van der Waals surface area contributed by atoms with Crippen LogP contribution in [0.1, 0.15) is 36.0 Å². The zero-order chi connectivity index (χ0) is 23.7. The zero-order valence-corrected chi connectivity index (χ0v) is 20.0. The molecule has 1 aliphatic rings. The maximum absolute atomic E-state index is 13.1. The number of fused-ring (bicyclic) bond motifs is 3. The fourth-order valence-electron chi connectivity index (χ4n) is 4.83. The number of ether oxygens (including phenoxy) is 2. The van der Waals surface area contributed by atoms with Crippen molar-refractivity contribution in [2.75, 3.05) is 18.6 Å². The number of anilines is 1. The molecule has 0 saturated heterocycles. The topological polar surface area (TPSA) is 38.8 Å². The van der Waals surface area contributed by atoms with Gasteiger partial charge >= 0.3 is 0 Å². The molecule has 34 heavy (non-hydrogen) atoms. The summed E-state index contributed by atoms with van der Waals surface area (Å²) in [6.07, 6.45) is 0.415. The van der Waals surface area contributed by atoms with Gasteiger partial charge in [-0.25, -0.2) is 0 Å². The van der Waals surface area contributed by atoms with E-state index in [1.54, 1.807) is 7.11 Å². The number of carbonyl (C=O) groups excluding carboxylic acids is 1. The average Bonchev–Trinajstić information content (AvgIpc) is 2.87. The third kappa shape index (κ3) is 3.99. The van der Waals surface area contributed by atoms with E-state index in [-0.39, 0.29) is 11.8 Å². The molecule has 5 heteroatoms. The van der Waals surface area contributed by atoms with Gasteiger partial charge in [-0.05, 0) is 53.1 Å². The Morgan fingerprint density at radius 2 is 1.76 bits per heavy atom. The summed E-state index contributed by atoms with van der Waals surface area (Å²) >= 11 is 6.28. The summed E-state index contributed by atoms with van der Waals surface area (Å²) in [5, 5.41) is 3.01. The van der Waals surface area contributed by atoms with Gasteiger partial charge in [-0.15, -0.1) is 0 Å². The molecule has 0 fully saturated rings. The highest BCUT2D eigenvalue weighted by Gasteiger charge is 2.33. The lowest BCUT2D eigenvalue weighted by Crippen LogP contribution is -2.36. The Labute approximate surface area is 204 Å². The Morgan fingerprint density at radius 3 is 2.56 bits per heavy atom. The van der Waals surface area contributed by atoms with Gasteiger partial charge in [0, 0.05) is 35.2 Å². The zero-order valence-electron chi connectivity index (χ0n) is 19.3. The Morgan fingerprint density at radius 1 is 0.971 bits per heavy atom. The highest BCUT2D eigenvalue weighted by Crippen LogP contribution is 2.45. The van der Waals surface area contributed by atoms with Gasteiger partial charge in [0.25, 0.3) is 0 Å². The van der Waals surface area contributed by atoms with Crippen LogP contribution >= 0.6 is 11.6 Å². The van der Waals surface area contributed by atoms with Crippen LogP contribution < -0.4 is 14.4 Å². The molecule has 172 valence electrons. The fraction of sp³-hybridized carbons (Fsp3) is 0.207. The predicted octanol–water partition coefficient (Wildman–Crippen LogP) is 6.97. The quantitative estimate of drug-likeness (QED) is 0.305. The second kappa shape index (κ2) is 9.40. The third-order valence-corrected chi connectivity index (χ3v) is 6.88. The van der Waals surface area contributed by atoms with E-state index in [4.69, 9.17) is 21.1 Å². The number of carbonyl (C=O) groups is 1. The van der Waals surface area contributed by atoms with Crippen molar-refractivity contribution in [2.45, 2.75) is 25.9 Å². The molecule has 1 amide bonds. The van der Waals surface area contributed by atoms with Crippen LogP contribution in [0.4, 0.5) is 5.69 Å². The molecule has 4 aromatic rings. The third-order valence-electron chi connectivity index (χ3n) is 6.51. The monoisotopic (exact) mass is 471 g/mol. The molecule has 0 N–H and O–H groups in total. The normalized spacial score (nSPS) is 15.3. The summed E-state index contributed by atoms with van der Waals surface area (Å²) in [7, 11) is 1.63. The van der Waals surface area contributed by atoms with Gasteiger partial charge in [0.2, 0.25) is 5.91 Å². The minimum atomic E-state index is -0.0667. The molecule has 1 unspecified atom stereocenters. The molecule has 0 saturated carbocycles. The molecule has 4 nitrogen and oxygen atoms in total. The number of amides is 1. The molecular formula is C29H26ClNO3. The second-order valence-electron chi connectivity index (χ2n) is 8.40. The van der Waals surface area contributed by atoms with Crippen LogP contribution in [-0.4, -0.2) is 19.6 Å². The smallest absolute Gasteiger partial charge is 0.227 e. The van der Waals surface area contributed by atoms with Crippen LogP contribution in [0, 0.1) is 0 Å². The lowest BCUT2D eigenvalue weighted by Gasteiger charge is -2.35. The van der Waals surface area contributed by atoms with E-state index in [0.717, 1.165) is 16.8 Å². The molecule has 5 rings (SSSR count). The number of methoxy groups -OCH3 is 1. The summed E-state index contributed by atoms with van der Waals surface area (Å²) in [4.78, 5) is 15.0. The predicted molar refractivity (Wildman–Crippen MR) is 137 cm³/mol. The van der Waals surface area contributed by atoms with Crippen LogP contribution in [0.25, 0.3) is 10.8 Å². The molecule has 1 atom stereocenters. The first kappa shape index (κ1) is 22.3. The molecule has 0 aliphatic carbocycles. The van der Waals surface area contributed by atoms with E-state index < -0.39 is 0 Å². The van der Waals surface area contributed by atoms with E-state index in [1.807, 2.05) is 60.4 Å². The van der Waals surface area contributed by atoms with Gasteiger partial charge < -0.3 is 14.4 Å². The lowest BCUT2D eigenvalue weighted by molar-refractivity contribution is -0.119. The van der Waals surface area contributed by atoms with Crippen LogP contribution in [0.3, 0.4) is 0 Å². The molecule has 1 aliphatic heterocycles. The first-order valence-corrected chi connectivity index (χ1v) is 11.8. The number of hydrogen-bond acceptors (Lipinski definition) is 3. The summed E-state index contributed by atoms with van der Waals surface area (Å²) < 4.78 is 11.7. The van der Waals surface area contributed by atoms with E-state index in [9.17, 15) is 4.79 Å². The second-order valence-corrected chi connectivity index (χ2v) is 8.81. The van der Waals surface area contributed by atoms with Crippen molar-refractivity contribution in [1.82, 2.24) is 0 Å². The summed E-state index contributed by atoms with van der Waals surface area (Å²) in [5.41, 5.74) is 4.11. The van der Waals surface area contributed by atoms with E-state index in [2.05, 4.69) is 30.3 Å². The van der Waals surface area contributed by atoms with Crippen LogP contribution in [0.15, 0.2) is 78.9 Å². The van der Waals surface area contributed by atoms with Gasteiger partial charge in [-0.2, -0.15) is 0 Å². The molecule has 0 spiro atoms. The van der Waals surface area contributed by atoms with Gasteiger partial charge in [-0.3, -0.25) is 4.79 Å². The Balaban J connectivity index is 1.54. The van der Waals surface area contributed by atoms with E-state index >= 15 is 0 Å². The molecule has 0 radical (unpaired) electrons. The Kier molecular flexibility index (Phi) is 6.16. The van der Waals surface area contributed by atoms with Gasteiger partial charge in [-0.1, -0.05) is 66.2 Å². The van der Waals surface area contributed by atoms with Crippen molar-refractivity contribution in [3.05, 3.63) is 101 Å². The molecule has 1 heterocycles. The Hall–Kier alpha value is -3.50. The fourth-order valence-corrected chi connectivity index (χ4v) is 5.02. The van der Waals surface area contributed by atoms with Crippen LogP contribution in [0.2, 0.25) is 5.02 Å². The first-order chi connectivity index (χ1) is 16.6. The van der Waals surface area contributed by atoms with Crippen molar-refractivity contribution < 1.29 is 14.3 Å². The van der Waals surface area contributed by atoms with Crippen molar-refractivity contribution in [3.63, 3.8) is 0 Å². The van der Waals surface area contributed by atoms with Crippen LogP contribution in [0.5, 0.6) is 11.5 Å². The molecule has 0 aromatic heterocycles. The van der Waals surface area contributed by atoms with E-state index in [0.29, 0.717) is 36.1 Å². The van der Waals surface area contributed by atoms with Crippen molar-refractivity contribution in [1.29, 1.82) is 0 Å². The summed E-state index contributed by atoms with van der Waals surface area (Å²) in [5.74, 6) is 1.34. The Bertz CT molecular complexity index is 1370. The molecule has 4 aromatic carbocycles.